The van der Waals surface area contributed by atoms with Crippen LogP contribution in [-0.2, 0) is 0 Å². The van der Waals surface area contributed by atoms with Crippen molar-refractivity contribution < 1.29 is 4.74 Å². The van der Waals surface area contributed by atoms with Crippen molar-refractivity contribution in [2.75, 3.05) is 7.11 Å². The molecule has 27 heavy (non-hydrogen) atoms. The molecular weight excluding hydrogens is 338 g/mol. The topological polar surface area (TPSA) is 65.7 Å². The van der Waals surface area contributed by atoms with Crippen LogP contribution < -0.4 is 4.74 Å². The van der Waals surface area contributed by atoms with Crippen LogP contribution in [0, 0.1) is 0 Å². The quantitative estimate of drug-likeness (QED) is 0.490. The number of hydrogen-bond acceptors (Lipinski definition) is 5. The Bertz CT molecular complexity index is 1260. The van der Waals surface area contributed by atoms with Crippen molar-refractivity contribution in [3.63, 3.8) is 0 Å². The van der Waals surface area contributed by atoms with Crippen LogP contribution in [0.4, 0.5) is 0 Å². The largest absolute Gasteiger partial charge is 0.497 e. The van der Waals surface area contributed by atoms with E-state index in [-0.39, 0.29) is 0 Å². The molecule has 0 aliphatic rings. The Morgan fingerprint density at radius 1 is 0.926 bits per heavy atom. The summed E-state index contributed by atoms with van der Waals surface area (Å²) in [5.41, 5.74) is 2.69. The van der Waals surface area contributed by atoms with E-state index in [4.69, 9.17) is 14.7 Å². The lowest BCUT2D eigenvalue weighted by atomic mass is 10.2. The molecule has 5 rings (SSSR count). The maximum atomic E-state index is 5.41. The van der Waals surface area contributed by atoms with E-state index in [9.17, 15) is 0 Å². The summed E-state index contributed by atoms with van der Waals surface area (Å²) in [6.45, 7) is 0. The summed E-state index contributed by atoms with van der Waals surface area (Å²) < 4.78 is 7.44. The third-order valence-corrected chi connectivity index (χ3v) is 4.53. The van der Waals surface area contributed by atoms with Gasteiger partial charge in [0, 0.05) is 41.1 Å². The van der Waals surface area contributed by atoms with Crippen molar-refractivity contribution in [3.8, 4) is 23.0 Å². The van der Waals surface area contributed by atoms with Crippen molar-refractivity contribution in [2.45, 2.75) is 0 Å². The Hall–Kier alpha value is -3.80. The number of methoxy groups -OCH3 is 1. The van der Waals surface area contributed by atoms with Gasteiger partial charge in [-0.15, -0.1) is 0 Å². The zero-order valence-electron chi connectivity index (χ0n) is 14.6. The third kappa shape index (κ3) is 2.58. The number of ether oxygens (including phenoxy) is 1. The van der Waals surface area contributed by atoms with Gasteiger partial charge in [-0.1, -0.05) is 0 Å². The molecule has 0 spiro atoms. The standard InChI is InChI=1S/C21H15N5O/c1-27-16-4-5-18-17(11-16)21(25-20(24-18)15-3-2-8-22-12-15)26-10-7-14-6-9-23-13-19(14)26/h2-13H,1H3. The summed E-state index contributed by atoms with van der Waals surface area (Å²) in [6, 6.07) is 13.7. The van der Waals surface area contributed by atoms with E-state index >= 15 is 0 Å². The van der Waals surface area contributed by atoms with E-state index in [1.165, 1.54) is 0 Å². The highest BCUT2D eigenvalue weighted by molar-refractivity contribution is 5.91. The highest BCUT2D eigenvalue weighted by Crippen LogP contribution is 2.29. The molecule has 0 saturated carbocycles. The van der Waals surface area contributed by atoms with Crippen molar-refractivity contribution in [2.24, 2.45) is 0 Å². The number of hydrogen-bond donors (Lipinski definition) is 0. The fourth-order valence-corrected chi connectivity index (χ4v) is 3.19. The number of benzene rings is 1. The molecule has 6 nitrogen and oxygen atoms in total. The molecule has 0 bridgehead atoms. The molecule has 0 saturated heterocycles. The first-order chi connectivity index (χ1) is 13.3. The summed E-state index contributed by atoms with van der Waals surface area (Å²) in [5, 5.41) is 2.01. The second kappa shape index (κ2) is 6.17. The highest BCUT2D eigenvalue weighted by Gasteiger charge is 2.14. The molecule has 0 aliphatic heterocycles. The maximum absolute atomic E-state index is 5.41. The molecule has 0 amide bonds. The Balaban J connectivity index is 1.85. The molecule has 4 heterocycles. The zero-order chi connectivity index (χ0) is 18.2. The van der Waals surface area contributed by atoms with Crippen LogP contribution in [0.25, 0.3) is 39.0 Å². The fourth-order valence-electron chi connectivity index (χ4n) is 3.19. The van der Waals surface area contributed by atoms with E-state index < -0.39 is 0 Å². The molecule has 0 atom stereocenters. The number of rotatable bonds is 3. The van der Waals surface area contributed by atoms with Crippen LogP contribution in [0.2, 0.25) is 0 Å². The molecule has 1 aromatic carbocycles. The molecule has 0 fully saturated rings. The number of aromatic nitrogens is 5. The summed E-state index contributed by atoms with van der Waals surface area (Å²) in [4.78, 5) is 18.1. The van der Waals surface area contributed by atoms with E-state index in [0.29, 0.717) is 5.82 Å². The second-order valence-corrected chi connectivity index (χ2v) is 6.12. The maximum Gasteiger partial charge on any atom is 0.163 e. The summed E-state index contributed by atoms with van der Waals surface area (Å²) >= 11 is 0. The lowest BCUT2D eigenvalue weighted by Gasteiger charge is -2.12. The number of nitrogens with zero attached hydrogens (tertiary/aromatic N) is 5. The minimum absolute atomic E-state index is 0.626. The molecule has 5 aromatic rings. The highest BCUT2D eigenvalue weighted by atomic mass is 16.5. The van der Waals surface area contributed by atoms with E-state index in [1.807, 2.05) is 53.4 Å². The van der Waals surface area contributed by atoms with E-state index in [1.54, 1.807) is 25.7 Å². The van der Waals surface area contributed by atoms with Gasteiger partial charge in [0.25, 0.3) is 0 Å². The van der Waals surface area contributed by atoms with Gasteiger partial charge in [0.15, 0.2) is 5.82 Å². The van der Waals surface area contributed by atoms with Crippen molar-refractivity contribution in [1.29, 1.82) is 0 Å². The Morgan fingerprint density at radius 3 is 2.70 bits per heavy atom. The lowest BCUT2D eigenvalue weighted by Crippen LogP contribution is -2.02. The van der Waals surface area contributed by atoms with Crippen LogP contribution in [0.5, 0.6) is 5.75 Å². The summed E-state index contributed by atoms with van der Waals surface area (Å²) in [6.07, 6.45) is 9.13. The van der Waals surface area contributed by atoms with Gasteiger partial charge in [-0.05, 0) is 42.5 Å². The van der Waals surface area contributed by atoms with Gasteiger partial charge in [-0.2, -0.15) is 0 Å². The third-order valence-electron chi connectivity index (χ3n) is 4.53. The monoisotopic (exact) mass is 353 g/mol. The first-order valence-corrected chi connectivity index (χ1v) is 8.51. The van der Waals surface area contributed by atoms with Crippen LogP contribution >= 0.6 is 0 Å². The van der Waals surface area contributed by atoms with Crippen molar-refractivity contribution in [1.82, 2.24) is 24.5 Å². The van der Waals surface area contributed by atoms with Crippen LogP contribution in [0.15, 0.2) is 73.4 Å². The molecule has 0 radical (unpaired) electrons. The van der Waals surface area contributed by atoms with Gasteiger partial charge in [0.2, 0.25) is 0 Å². The molecule has 0 aliphatic carbocycles. The Morgan fingerprint density at radius 2 is 1.85 bits per heavy atom. The average Bonchev–Trinajstić information content (AvgIpc) is 3.17. The zero-order valence-corrected chi connectivity index (χ0v) is 14.6. The molecule has 4 aromatic heterocycles. The van der Waals surface area contributed by atoms with E-state index in [0.717, 1.165) is 38.9 Å². The number of fused-ring (bicyclic) bond motifs is 2. The first-order valence-electron chi connectivity index (χ1n) is 8.51. The Labute approximate surface area is 155 Å². The van der Waals surface area contributed by atoms with Crippen LogP contribution in [0.3, 0.4) is 0 Å². The lowest BCUT2D eigenvalue weighted by molar-refractivity contribution is 0.415. The minimum atomic E-state index is 0.626. The van der Waals surface area contributed by atoms with Crippen molar-refractivity contribution in [3.05, 3.63) is 73.4 Å². The first kappa shape index (κ1) is 15.5. The normalized spacial score (nSPS) is 11.1. The molecule has 130 valence electrons. The predicted molar refractivity (Wildman–Crippen MR) is 104 cm³/mol. The SMILES string of the molecule is COc1ccc2nc(-c3cccnc3)nc(-n3ccc4ccncc43)c2c1. The average molecular weight is 353 g/mol. The Kier molecular flexibility index (Phi) is 3.53. The summed E-state index contributed by atoms with van der Waals surface area (Å²) in [5.74, 6) is 2.17. The van der Waals surface area contributed by atoms with Gasteiger partial charge in [-0.3, -0.25) is 14.5 Å². The van der Waals surface area contributed by atoms with Gasteiger partial charge in [0.05, 0.1) is 24.3 Å². The fraction of sp³-hybridized carbons (Fsp3) is 0.0476. The molecule has 6 heteroatoms. The van der Waals surface area contributed by atoms with E-state index in [2.05, 4.69) is 16.0 Å². The summed E-state index contributed by atoms with van der Waals surface area (Å²) in [7, 11) is 1.65. The van der Waals surface area contributed by atoms with Gasteiger partial charge < -0.3 is 4.74 Å². The molecular formula is C21H15N5O. The predicted octanol–water partition coefficient (Wildman–Crippen LogP) is 4.04. The van der Waals surface area contributed by atoms with Gasteiger partial charge in [0.1, 0.15) is 11.6 Å². The van der Waals surface area contributed by atoms with Gasteiger partial charge >= 0.3 is 0 Å². The number of pyridine rings is 2. The smallest absolute Gasteiger partial charge is 0.163 e. The van der Waals surface area contributed by atoms with Crippen LogP contribution in [-0.4, -0.2) is 31.6 Å². The van der Waals surface area contributed by atoms with Gasteiger partial charge in [-0.25, -0.2) is 9.97 Å². The van der Waals surface area contributed by atoms with Crippen molar-refractivity contribution >= 4 is 21.8 Å². The molecule has 0 N–H and O–H groups in total. The van der Waals surface area contributed by atoms with Crippen LogP contribution in [0.1, 0.15) is 0 Å². The molecule has 0 unspecified atom stereocenters. The second-order valence-electron chi connectivity index (χ2n) is 6.12. The minimum Gasteiger partial charge on any atom is -0.497 e.